The van der Waals surface area contributed by atoms with E-state index in [4.69, 9.17) is 5.73 Å². The van der Waals surface area contributed by atoms with Gasteiger partial charge in [-0.25, -0.2) is 0 Å². The minimum absolute atomic E-state index is 0.0471. The Morgan fingerprint density at radius 1 is 1.21 bits per heavy atom. The predicted molar refractivity (Wildman–Crippen MR) is 90.6 cm³/mol. The maximum Gasteiger partial charge on any atom is 0.269 e. The number of rotatable bonds is 5. The molecule has 0 unspecified atom stereocenters. The number of H-pyrrole nitrogens is 1. The molecule has 3 rings (SSSR count). The van der Waals surface area contributed by atoms with E-state index >= 15 is 0 Å². The Hall–Kier alpha value is -2.63. The highest BCUT2D eigenvalue weighted by Gasteiger charge is 2.32. The molecule has 1 aliphatic carbocycles. The number of aromatic nitrogens is 2. The molecule has 4 N–H and O–H groups in total. The Morgan fingerprint density at radius 2 is 1.88 bits per heavy atom. The molecule has 6 nitrogen and oxygen atoms in total. The van der Waals surface area contributed by atoms with Crippen LogP contribution in [0.4, 0.5) is 0 Å². The van der Waals surface area contributed by atoms with Gasteiger partial charge in [-0.3, -0.25) is 14.7 Å². The molecule has 1 aliphatic rings. The van der Waals surface area contributed by atoms with E-state index in [-0.39, 0.29) is 23.6 Å². The van der Waals surface area contributed by atoms with Gasteiger partial charge >= 0.3 is 0 Å². The second kappa shape index (κ2) is 6.47. The number of benzene rings is 1. The predicted octanol–water partition coefficient (Wildman–Crippen LogP) is 1.73. The average molecular weight is 326 g/mol. The van der Waals surface area contributed by atoms with Crippen molar-refractivity contribution >= 4 is 11.8 Å². The molecule has 1 saturated carbocycles. The number of carbonyl (C=O) groups is 2. The fourth-order valence-corrected chi connectivity index (χ4v) is 3.30. The van der Waals surface area contributed by atoms with Crippen LogP contribution in [0.2, 0.25) is 0 Å². The summed E-state index contributed by atoms with van der Waals surface area (Å²) in [5.41, 5.74) is 9.75. The zero-order chi connectivity index (χ0) is 17.3. The van der Waals surface area contributed by atoms with Crippen LogP contribution in [0.3, 0.4) is 0 Å². The quantitative estimate of drug-likeness (QED) is 0.780. The van der Waals surface area contributed by atoms with Gasteiger partial charge in [-0.2, -0.15) is 5.10 Å². The van der Waals surface area contributed by atoms with Gasteiger partial charge in [-0.1, -0.05) is 29.3 Å². The van der Waals surface area contributed by atoms with Crippen molar-refractivity contribution in [2.75, 3.05) is 0 Å². The second-order valence-electron chi connectivity index (χ2n) is 6.68. The Kier molecular flexibility index (Phi) is 4.38. The van der Waals surface area contributed by atoms with E-state index in [0.29, 0.717) is 6.42 Å². The first-order valence-electron chi connectivity index (χ1n) is 8.12. The molecule has 2 amide bonds. The number of hydrogen-bond donors (Lipinski definition) is 3. The summed E-state index contributed by atoms with van der Waals surface area (Å²) in [6.45, 7) is 4.07. The van der Waals surface area contributed by atoms with Gasteiger partial charge in [0.2, 0.25) is 5.91 Å². The lowest BCUT2D eigenvalue weighted by atomic mass is 9.78. The van der Waals surface area contributed by atoms with Gasteiger partial charge in [0.25, 0.3) is 5.91 Å². The summed E-state index contributed by atoms with van der Waals surface area (Å²) in [6.07, 6.45) is 2.09. The van der Waals surface area contributed by atoms with Crippen LogP contribution >= 0.6 is 0 Å². The number of carbonyl (C=O) groups excluding carboxylic acids is 2. The molecular weight excluding hydrogens is 304 g/mol. The van der Waals surface area contributed by atoms with Crippen molar-refractivity contribution in [1.29, 1.82) is 0 Å². The second-order valence-corrected chi connectivity index (χ2v) is 6.68. The summed E-state index contributed by atoms with van der Waals surface area (Å²) < 4.78 is 0. The van der Waals surface area contributed by atoms with Gasteiger partial charge in [0.1, 0.15) is 5.69 Å². The van der Waals surface area contributed by atoms with Crippen molar-refractivity contribution in [3.63, 3.8) is 0 Å². The molecule has 0 spiro atoms. The van der Waals surface area contributed by atoms with Crippen LogP contribution in [0.5, 0.6) is 0 Å². The molecule has 0 saturated heterocycles. The molecule has 6 heteroatoms. The maximum absolute atomic E-state index is 12.2. The van der Waals surface area contributed by atoms with Crippen LogP contribution in [-0.2, 0) is 11.2 Å². The van der Waals surface area contributed by atoms with Crippen LogP contribution in [-0.4, -0.2) is 28.1 Å². The lowest BCUT2D eigenvalue weighted by Crippen LogP contribution is -2.44. The largest absolute Gasteiger partial charge is 0.364 e. The van der Waals surface area contributed by atoms with E-state index in [9.17, 15) is 9.59 Å². The number of nitrogens with one attached hydrogen (secondary N) is 2. The van der Waals surface area contributed by atoms with E-state index in [1.54, 1.807) is 6.07 Å². The van der Waals surface area contributed by atoms with Crippen molar-refractivity contribution in [3.8, 4) is 0 Å². The first-order valence-corrected chi connectivity index (χ1v) is 8.12. The van der Waals surface area contributed by atoms with E-state index in [0.717, 1.165) is 24.1 Å². The summed E-state index contributed by atoms with van der Waals surface area (Å²) in [5.74, 6) is -0.196. The van der Waals surface area contributed by atoms with Gasteiger partial charge in [0.15, 0.2) is 0 Å². The number of amides is 2. The van der Waals surface area contributed by atoms with Crippen molar-refractivity contribution in [1.82, 2.24) is 15.5 Å². The molecule has 0 aliphatic heterocycles. The highest BCUT2D eigenvalue weighted by molar-refractivity contribution is 5.90. The number of aryl methyl sites for hydroxylation is 2. The molecule has 24 heavy (non-hydrogen) atoms. The van der Waals surface area contributed by atoms with Crippen LogP contribution in [0.1, 0.15) is 51.6 Å². The maximum atomic E-state index is 12.2. The molecule has 0 bridgehead atoms. The number of hydrogen-bond acceptors (Lipinski definition) is 3. The highest BCUT2D eigenvalue weighted by atomic mass is 16.2. The van der Waals surface area contributed by atoms with Crippen LogP contribution in [0, 0.1) is 13.8 Å². The van der Waals surface area contributed by atoms with Crippen LogP contribution in [0.15, 0.2) is 24.3 Å². The molecule has 0 radical (unpaired) electrons. The monoisotopic (exact) mass is 326 g/mol. The third-order valence-electron chi connectivity index (χ3n) is 4.44. The molecular formula is C18H22N4O2. The van der Waals surface area contributed by atoms with Crippen LogP contribution < -0.4 is 11.1 Å². The minimum Gasteiger partial charge on any atom is -0.364 e. The van der Waals surface area contributed by atoms with Crippen molar-refractivity contribution in [2.45, 2.75) is 45.1 Å². The standard InChI is InChI=1S/C18H22N4O2/c1-10-3-11(2)5-12(4-10)6-17(23)20-14-7-13(8-14)15-9-16(18(19)24)22-21-15/h3-5,9,13-14H,6-8H2,1-2H3,(H2,19,24)(H,20,23)(H,21,22). The summed E-state index contributed by atoms with van der Waals surface area (Å²) in [4.78, 5) is 23.2. The third-order valence-corrected chi connectivity index (χ3v) is 4.44. The van der Waals surface area contributed by atoms with Gasteiger partial charge in [-0.05, 0) is 38.3 Å². The summed E-state index contributed by atoms with van der Waals surface area (Å²) in [5, 5.41) is 9.81. The fourth-order valence-electron chi connectivity index (χ4n) is 3.30. The van der Waals surface area contributed by atoms with Gasteiger partial charge < -0.3 is 11.1 Å². The van der Waals surface area contributed by atoms with E-state index in [1.807, 2.05) is 26.0 Å². The first kappa shape index (κ1) is 16.2. The first-order chi connectivity index (χ1) is 11.4. The van der Waals surface area contributed by atoms with Gasteiger partial charge in [0.05, 0.1) is 6.42 Å². The number of aromatic amines is 1. The Balaban J connectivity index is 1.49. The summed E-state index contributed by atoms with van der Waals surface area (Å²) >= 11 is 0. The molecule has 1 aromatic carbocycles. The molecule has 1 aromatic heterocycles. The molecule has 1 heterocycles. The van der Waals surface area contributed by atoms with E-state index in [1.165, 1.54) is 11.1 Å². The van der Waals surface area contributed by atoms with E-state index in [2.05, 4.69) is 21.6 Å². The molecule has 0 atom stereocenters. The topological polar surface area (TPSA) is 101 Å². The zero-order valence-corrected chi connectivity index (χ0v) is 13.9. The Bertz CT molecular complexity index is 755. The van der Waals surface area contributed by atoms with Crippen molar-refractivity contribution in [2.24, 2.45) is 5.73 Å². The Labute approximate surface area is 140 Å². The average Bonchev–Trinajstić information content (AvgIpc) is 2.90. The summed E-state index contributed by atoms with van der Waals surface area (Å²) in [6, 6.07) is 8.07. The van der Waals surface area contributed by atoms with Crippen LogP contribution in [0.25, 0.3) is 0 Å². The van der Waals surface area contributed by atoms with E-state index < -0.39 is 5.91 Å². The number of nitrogens with zero attached hydrogens (tertiary/aromatic N) is 1. The molecule has 2 aromatic rings. The molecule has 126 valence electrons. The SMILES string of the molecule is Cc1cc(C)cc(CC(=O)NC2CC(c3cc(C(N)=O)n[nH]3)C2)c1. The smallest absolute Gasteiger partial charge is 0.269 e. The van der Waals surface area contributed by atoms with Crippen molar-refractivity contribution in [3.05, 3.63) is 52.3 Å². The lowest BCUT2D eigenvalue weighted by molar-refractivity contribution is -0.121. The minimum atomic E-state index is -0.532. The lowest BCUT2D eigenvalue weighted by Gasteiger charge is -2.35. The van der Waals surface area contributed by atoms with Crippen molar-refractivity contribution < 1.29 is 9.59 Å². The number of primary amides is 1. The zero-order valence-electron chi connectivity index (χ0n) is 13.9. The number of nitrogens with two attached hydrogens (primary N) is 1. The van der Waals surface area contributed by atoms with Gasteiger partial charge in [-0.15, -0.1) is 0 Å². The van der Waals surface area contributed by atoms with Gasteiger partial charge in [0, 0.05) is 17.7 Å². The third kappa shape index (κ3) is 3.64. The normalized spacial score (nSPS) is 19.6. The summed E-state index contributed by atoms with van der Waals surface area (Å²) in [7, 11) is 0. The fraction of sp³-hybridized carbons (Fsp3) is 0.389. The highest BCUT2D eigenvalue weighted by Crippen LogP contribution is 2.36. The Morgan fingerprint density at radius 3 is 2.46 bits per heavy atom. The molecule has 1 fully saturated rings.